The van der Waals surface area contributed by atoms with Crippen molar-refractivity contribution in [3.8, 4) is 0 Å². The van der Waals surface area contributed by atoms with Crippen molar-refractivity contribution in [1.82, 2.24) is 14.8 Å². The number of rotatable bonds is 2. The molecule has 1 aromatic carbocycles. The van der Waals surface area contributed by atoms with Crippen LogP contribution in [0.4, 0.5) is 15.3 Å². The van der Waals surface area contributed by atoms with Gasteiger partial charge in [0.2, 0.25) is 5.91 Å². The molecule has 2 fully saturated rings. The number of imide groups is 1. The molecule has 0 radical (unpaired) electrons. The maximum Gasteiger partial charge on any atom is 1.00 e. The fraction of sp³-hybridized carbons (Fsp3) is 0.560. The van der Waals surface area contributed by atoms with E-state index in [0.29, 0.717) is 32.0 Å². The smallest absolute Gasteiger partial charge is 0.855 e. The number of hydrogen-bond donors (Lipinski definition) is 1. The molecule has 0 bridgehead atoms. The van der Waals surface area contributed by atoms with E-state index < -0.39 is 5.60 Å². The number of likely N-dealkylation sites (tertiary alicyclic amines) is 1. The Bertz CT molecular complexity index is 1050. The second-order valence-electron chi connectivity index (χ2n) is 9.65. The van der Waals surface area contributed by atoms with Crippen LogP contribution in [-0.4, -0.2) is 59.3 Å². The number of carbonyl (C=O) groups excluding carboxylic acids is 3. The van der Waals surface area contributed by atoms with Crippen LogP contribution in [0.2, 0.25) is 0 Å². The number of para-hydroxylation sites is 1. The molecule has 1 aromatic heterocycles. The third-order valence-electron chi connectivity index (χ3n) is 5.94. The van der Waals surface area contributed by atoms with Gasteiger partial charge in [0.25, 0.3) is 0 Å². The van der Waals surface area contributed by atoms with Crippen LogP contribution in [0.15, 0.2) is 24.4 Å². The monoisotopic (exact) mass is 494 g/mol. The summed E-state index contributed by atoms with van der Waals surface area (Å²) < 4.78 is 7.57. The first-order valence-corrected chi connectivity index (χ1v) is 11.8. The molecule has 2 aliphatic heterocycles. The average molecular weight is 495 g/mol. The van der Waals surface area contributed by atoms with E-state index in [-0.39, 0.29) is 54.2 Å². The standard InChI is InChI=1S/C23H30N4O4.C2H5O.Na/c1-23(2,3)31-22(30)26-11-8-15(9-12-26)17-14-25(4)20-16(17)6-5-7-18(20)27-13-10-19(28)24-21(27)29;1-2-3;/h5-7,14-15H,8-13H2,1-4H3,(H,24,28,29);2H2,1H3;/q;-1;+1. The van der Waals surface area contributed by atoms with E-state index in [1.807, 2.05) is 40.0 Å². The summed E-state index contributed by atoms with van der Waals surface area (Å²) in [6, 6.07) is 5.59. The molecule has 10 heteroatoms. The van der Waals surface area contributed by atoms with E-state index >= 15 is 0 Å². The van der Waals surface area contributed by atoms with E-state index in [1.165, 1.54) is 5.56 Å². The molecule has 0 saturated carbocycles. The SMILES string of the molecule is CC[O-].Cn1cc(C2CCN(C(=O)OC(C)(C)C)CC2)c2cccc(N3CCC(=O)NC3=O)c21.[Na+]. The summed E-state index contributed by atoms with van der Waals surface area (Å²) in [5.74, 6) is 0.0899. The molecule has 0 atom stereocenters. The molecule has 186 valence electrons. The molecular formula is C25H35N4NaO5. The van der Waals surface area contributed by atoms with Crippen molar-refractivity contribution in [2.75, 3.05) is 31.1 Å². The number of piperidine rings is 1. The molecule has 2 saturated heterocycles. The van der Waals surface area contributed by atoms with Gasteiger partial charge in [0, 0.05) is 44.7 Å². The fourth-order valence-corrected chi connectivity index (χ4v) is 4.51. The van der Waals surface area contributed by atoms with Crippen molar-refractivity contribution in [2.45, 2.75) is 58.5 Å². The number of urea groups is 1. The van der Waals surface area contributed by atoms with Crippen molar-refractivity contribution >= 4 is 34.6 Å². The van der Waals surface area contributed by atoms with Gasteiger partial charge in [-0.3, -0.25) is 15.0 Å². The number of aromatic nitrogens is 1. The quantitative estimate of drug-likeness (QED) is 0.597. The Labute approximate surface area is 229 Å². The third kappa shape index (κ3) is 7.00. The Balaban J connectivity index is 0.00000103. The second kappa shape index (κ2) is 12.3. The predicted octanol–water partition coefficient (Wildman–Crippen LogP) is 0.110. The molecule has 2 aliphatic rings. The first-order chi connectivity index (χ1) is 16.1. The molecular weight excluding hydrogens is 459 g/mol. The number of benzene rings is 1. The molecule has 4 rings (SSSR count). The largest absolute Gasteiger partial charge is 1.00 e. The maximum atomic E-state index is 12.4. The number of ether oxygens (including phenoxy) is 1. The second-order valence-corrected chi connectivity index (χ2v) is 9.65. The van der Waals surface area contributed by atoms with Gasteiger partial charge in [0.15, 0.2) is 0 Å². The van der Waals surface area contributed by atoms with Gasteiger partial charge >= 0.3 is 41.7 Å². The fourth-order valence-electron chi connectivity index (χ4n) is 4.51. The predicted molar refractivity (Wildman–Crippen MR) is 129 cm³/mol. The van der Waals surface area contributed by atoms with Gasteiger partial charge in [-0.25, -0.2) is 9.59 Å². The summed E-state index contributed by atoms with van der Waals surface area (Å²) in [6.45, 7) is 8.90. The summed E-state index contributed by atoms with van der Waals surface area (Å²) in [6.07, 6.45) is 3.90. The van der Waals surface area contributed by atoms with Crippen LogP contribution in [0, 0.1) is 0 Å². The molecule has 2 aromatic rings. The molecule has 35 heavy (non-hydrogen) atoms. The van der Waals surface area contributed by atoms with Crippen LogP contribution in [0.3, 0.4) is 0 Å². The van der Waals surface area contributed by atoms with Crippen LogP contribution < -0.4 is 44.9 Å². The molecule has 1 N–H and O–H groups in total. The van der Waals surface area contributed by atoms with E-state index in [4.69, 9.17) is 9.84 Å². The van der Waals surface area contributed by atoms with Crippen molar-refractivity contribution in [3.63, 3.8) is 0 Å². The number of nitrogens with zero attached hydrogens (tertiary/aromatic N) is 3. The van der Waals surface area contributed by atoms with Crippen molar-refractivity contribution < 1.29 is 53.8 Å². The van der Waals surface area contributed by atoms with Crippen LogP contribution in [0.25, 0.3) is 10.9 Å². The van der Waals surface area contributed by atoms with Gasteiger partial charge in [-0.05, 0) is 51.2 Å². The van der Waals surface area contributed by atoms with Crippen LogP contribution in [0.1, 0.15) is 58.4 Å². The summed E-state index contributed by atoms with van der Waals surface area (Å²) in [5.41, 5.74) is 2.53. The molecule has 0 unspecified atom stereocenters. The molecule has 0 aliphatic carbocycles. The summed E-state index contributed by atoms with van der Waals surface area (Å²) >= 11 is 0. The Kier molecular flexibility index (Phi) is 10.2. The summed E-state index contributed by atoms with van der Waals surface area (Å²) in [5, 5.41) is 12.4. The van der Waals surface area contributed by atoms with Gasteiger partial charge in [0.05, 0.1) is 11.2 Å². The number of fused-ring (bicyclic) bond motifs is 1. The zero-order valence-corrected chi connectivity index (χ0v) is 23.7. The van der Waals surface area contributed by atoms with Crippen LogP contribution >= 0.6 is 0 Å². The van der Waals surface area contributed by atoms with Crippen LogP contribution in [0.5, 0.6) is 0 Å². The zero-order valence-electron chi connectivity index (χ0n) is 21.7. The number of hydrogen-bond acceptors (Lipinski definition) is 5. The van der Waals surface area contributed by atoms with E-state index in [2.05, 4.69) is 22.1 Å². The number of amides is 4. The third-order valence-corrected chi connectivity index (χ3v) is 5.94. The van der Waals surface area contributed by atoms with E-state index in [0.717, 1.165) is 29.4 Å². The summed E-state index contributed by atoms with van der Waals surface area (Å²) in [4.78, 5) is 39.7. The number of aryl methyl sites for hydroxylation is 1. The minimum Gasteiger partial charge on any atom is -0.855 e. The minimum atomic E-state index is -0.495. The Hall–Kier alpha value is -2.07. The van der Waals surface area contributed by atoms with Crippen molar-refractivity contribution in [3.05, 3.63) is 30.0 Å². The van der Waals surface area contributed by atoms with Gasteiger partial charge in [-0.15, -0.1) is 6.61 Å². The van der Waals surface area contributed by atoms with E-state index in [9.17, 15) is 14.4 Å². The summed E-state index contributed by atoms with van der Waals surface area (Å²) in [7, 11) is 1.98. The van der Waals surface area contributed by atoms with Gasteiger partial charge in [-0.2, -0.15) is 0 Å². The Morgan fingerprint density at radius 2 is 1.80 bits per heavy atom. The molecule has 0 spiro atoms. The topological polar surface area (TPSA) is 107 Å². The maximum absolute atomic E-state index is 12.4. The number of nitrogens with one attached hydrogen (secondary N) is 1. The van der Waals surface area contributed by atoms with Crippen molar-refractivity contribution in [1.29, 1.82) is 0 Å². The molecule has 4 amide bonds. The minimum absolute atomic E-state index is 0. The Morgan fingerprint density at radius 3 is 2.37 bits per heavy atom. The Morgan fingerprint density at radius 1 is 1.17 bits per heavy atom. The normalized spacial score (nSPS) is 16.9. The first-order valence-electron chi connectivity index (χ1n) is 11.8. The van der Waals surface area contributed by atoms with Gasteiger partial charge in [0.1, 0.15) is 5.60 Å². The zero-order chi connectivity index (χ0) is 25.0. The number of anilines is 1. The van der Waals surface area contributed by atoms with Crippen LogP contribution in [-0.2, 0) is 16.6 Å². The van der Waals surface area contributed by atoms with Gasteiger partial charge in [-0.1, -0.05) is 19.1 Å². The van der Waals surface area contributed by atoms with E-state index in [1.54, 1.807) is 16.7 Å². The average Bonchev–Trinajstić information content (AvgIpc) is 3.10. The molecule has 3 heterocycles. The first kappa shape index (κ1) is 29.2. The van der Waals surface area contributed by atoms with Gasteiger partial charge < -0.3 is 19.3 Å². The van der Waals surface area contributed by atoms with Crippen molar-refractivity contribution in [2.24, 2.45) is 7.05 Å². The molecule has 9 nitrogen and oxygen atoms in total. The number of carbonyl (C=O) groups is 3.